The van der Waals surface area contributed by atoms with Gasteiger partial charge in [0.15, 0.2) is 5.58 Å². The zero-order chi connectivity index (χ0) is 25.7. The van der Waals surface area contributed by atoms with E-state index in [9.17, 15) is 19.5 Å². The molecular weight excluding hydrogens is 470 g/mol. The molecule has 2 heterocycles. The van der Waals surface area contributed by atoms with Gasteiger partial charge in [-0.15, -0.1) is 0 Å². The molecule has 0 spiro atoms. The van der Waals surface area contributed by atoms with Gasteiger partial charge in [0.2, 0.25) is 0 Å². The number of amides is 2. The lowest BCUT2D eigenvalue weighted by Gasteiger charge is -2.44. The predicted molar refractivity (Wildman–Crippen MR) is 138 cm³/mol. The number of carbonyl (C=O) groups is 2. The second-order valence-electron chi connectivity index (χ2n) is 11.1. The summed E-state index contributed by atoms with van der Waals surface area (Å²) >= 11 is 0. The van der Waals surface area contributed by atoms with Crippen molar-refractivity contribution >= 4 is 22.9 Å². The minimum atomic E-state index is -1.35. The van der Waals surface area contributed by atoms with Crippen LogP contribution in [0.1, 0.15) is 53.6 Å². The summed E-state index contributed by atoms with van der Waals surface area (Å²) in [4.78, 5) is 40.4. The van der Waals surface area contributed by atoms with E-state index < -0.39 is 11.4 Å². The Morgan fingerprint density at radius 1 is 1.05 bits per heavy atom. The molecule has 0 radical (unpaired) electrons. The van der Waals surface area contributed by atoms with Gasteiger partial charge in [-0.3, -0.25) is 14.2 Å². The molecule has 1 aromatic heterocycles. The monoisotopic (exact) mass is 503 g/mol. The van der Waals surface area contributed by atoms with Crippen LogP contribution < -0.4 is 11.1 Å². The zero-order valence-electron chi connectivity index (χ0n) is 21.1. The third kappa shape index (κ3) is 4.27. The van der Waals surface area contributed by atoms with Crippen LogP contribution in [0.25, 0.3) is 11.1 Å². The van der Waals surface area contributed by atoms with Crippen molar-refractivity contribution in [2.45, 2.75) is 56.6 Å². The van der Waals surface area contributed by atoms with Crippen molar-refractivity contribution in [1.82, 2.24) is 14.8 Å². The number of nitrogens with one attached hydrogen (secondary N) is 1. The molecule has 3 aromatic rings. The first-order chi connectivity index (χ1) is 17.8. The minimum absolute atomic E-state index is 0.0459. The fourth-order valence-corrected chi connectivity index (χ4v) is 6.65. The van der Waals surface area contributed by atoms with E-state index in [2.05, 4.69) is 11.4 Å². The van der Waals surface area contributed by atoms with Gasteiger partial charge in [0.05, 0.1) is 11.1 Å². The summed E-state index contributed by atoms with van der Waals surface area (Å²) < 4.78 is 6.79. The zero-order valence-corrected chi connectivity index (χ0v) is 21.1. The Labute approximate surface area is 215 Å². The number of piperidine rings is 1. The van der Waals surface area contributed by atoms with E-state index in [0.717, 1.165) is 31.2 Å². The van der Waals surface area contributed by atoms with Gasteiger partial charge in [0.25, 0.3) is 11.8 Å². The maximum atomic E-state index is 13.4. The van der Waals surface area contributed by atoms with Crippen molar-refractivity contribution in [2.75, 3.05) is 13.1 Å². The number of fused-ring (bicyclic) bond motifs is 3. The number of aliphatic hydroxyl groups is 1. The first-order valence-corrected chi connectivity index (χ1v) is 13.3. The molecule has 4 atom stereocenters. The van der Waals surface area contributed by atoms with E-state index in [-0.39, 0.29) is 17.9 Å². The van der Waals surface area contributed by atoms with Crippen molar-refractivity contribution in [3.8, 4) is 0 Å². The normalized spacial score (nSPS) is 27.4. The quantitative estimate of drug-likeness (QED) is 0.572. The Balaban J connectivity index is 1.08. The molecule has 37 heavy (non-hydrogen) atoms. The molecule has 3 aliphatic rings. The fourth-order valence-electron chi connectivity index (χ4n) is 6.65. The van der Waals surface area contributed by atoms with E-state index in [1.54, 1.807) is 25.2 Å². The van der Waals surface area contributed by atoms with Crippen LogP contribution in [0.4, 0.5) is 0 Å². The Morgan fingerprint density at radius 3 is 2.70 bits per heavy atom. The van der Waals surface area contributed by atoms with Crippen molar-refractivity contribution in [2.24, 2.45) is 18.9 Å². The number of carbonyl (C=O) groups excluding carboxylic acids is 2. The first kappa shape index (κ1) is 24.0. The van der Waals surface area contributed by atoms with E-state index >= 15 is 0 Å². The summed E-state index contributed by atoms with van der Waals surface area (Å²) in [5.41, 5.74) is 2.30. The number of hydrogen-bond donors (Lipinski definition) is 2. The van der Waals surface area contributed by atoms with Crippen LogP contribution in [-0.4, -0.2) is 51.1 Å². The van der Waals surface area contributed by atoms with Crippen LogP contribution >= 0.6 is 0 Å². The van der Waals surface area contributed by atoms with Gasteiger partial charge in [-0.2, -0.15) is 0 Å². The second-order valence-corrected chi connectivity index (χ2v) is 11.1. The van der Waals surface area contributed by atoms with Crippen molar-refractivity contribution in [3.63, 3.8) is 0 Å². The van der Waals surface area contributed by atoms with Crippen molar-refractivity contribution < 1.29 is 19.1 Å². The van der Waals surface area contributed by atoms with E-state index in [4.69, 9.17) is 4.42 Å². The summed E-state index contributed by atoms with van der Waals surface area (Å²) in [6.07, 6.45) is 5.01. The highest BCUT2D eigenvalue weighted by Gasteiger charge is 2.42. The number of rotatable bonds is 3. The number of aromatic nitrogens is 1. The van der Waals surface area contributed by atoms with Gasteiger partial charge in [0.1, 0.15) is 5.60 Å². The van der Waals surface area contributed by atoms with Gasteiger partial charge in [0, 0.05) is 32.6 Å². The van der Waals surface area contributed by atoms with Gasteiger partial charge in [-0.25, -0.2) is 4.79 Å². The molecule has 1 saturated heterocycles. The van der Waals surface area contributed by atoms with E-state index in [1.165, 1.54) is 10.1 Å². The van der Waals surface area contributed by atoms with Crippen LogP contribution in [0.3, 0.4) is 0 Å². The molecule has 2 N–H and O–H groups in total. The molecule has 2 aliphatic carbocycles. The lowest BCUT2D eigenvalue weighted by atomic mass is 9.72. The van der Waals surface area contributed by atoms with Crippen molar-refractivity contribution in [1.29, 1.82) is 0 Å². The highest BCUT2D eigenvalue weighted by Crippen LogP contribution is 2.38. The van der Waals surface area contributed by atoms with E-state index in [1.807, 2.05) is 23.1 Å². The molecule has 2 fully saturated rings. The Morgan fingerprint density at radius 2 is 1.86 bits per heavy atom. The lowest BCUT2D eigenvalue weighted by Crippen LogP contribution is -2.55. The molecule has 8 nitrogen and oxygen atoms in total. The van der Waals surface area contributed by atoms with Crippen LogP contribution in [0.2, 0.25) is 0 Å². The van der Waals surface area contributed by atoms with Crippen LogP contribution in [-0.2, 0) is 24.7 Å². The third-order valence-corrected chi connectivity index (χ3v) is 8.87. The number of para-hydroxylation sites is 1. The van der Waals surface area contributed by atoms with Crippen molar-refractivity contribution in [3.05, 3.63) is 69.7 Å². The summed E-state index contributed by atoms with van der Waals surface area (Å²) in [5, 5.41) is 14.3. The molecule has 0 bridgehead atoms. The number of nitrogens with zero attached hydrogens (tertiary/aromatic N) is 2. The van der Waals surface area contributed by atoms with Crippen LogP contribution in [0.15, 0.2) is 51.7 Å². The summed E-state index contributed by atoms with van der Waals surface area (Å²) in [7, 11) is 1.64. The Kier molecular flexibility index (Phi) is 5.94. The molecule has 194 valence electrons. The summed E-state index contributed by atoms with van der Waals surface area (Å²) in [5.74, 6) is -0.0340. The lowest BCUT2D eigenvalue weighted by molar-refractivity contribution is -0.142. The molecule has 1 aliphatic heterocycles. The standard InChI is InChI=1S/C29H33N3O5/c1-31-24-8-4-7-23(25(24)37-28(31)35)26(33)32-14-12-19-15-22(10-9-21(19)17-32)30-27(34)29(36)13-11-18-5-2-3-6-20(18)16-29/h2-8,19,21-22,36H,9-17H2,1H3,(H,30,34). The Bertz CT molecular complexity index is 1420. The van der Waals surface area contributed by atoms with Crippen LogP contribution in [0, 0.1) is 11.8 Å². The van der Waals surface area contributed by atoms with Crippen LogP contribution in [0.5, 0.6) is 0 Å². The largest absolute Gasteiger partial charge is 0.419 e. The predicted octanol–water partition coefficient (Wildman–Crippen LogP) is 2.80. The summed E-state index contributed by atoms with van der Waals surface area (Å²) in [6.45, 7) is 1.30. The molecule has 4 unspecified atom stereocenters. The Hall–Kier alpha value is -3.39. The molecular formula is C29H33N3O5. The maximum Gasteiger partial charge on any atom is 0.419 e. The second kappa shape index (κ2) is 9.17. The number of aryl methyl sites for hydroxylation is 2. The van der Waals surface area contributed by atoms with Gasteiger partial charge in [-0.05, 0) is 73.6 Å². The molecule has 6 rings (SSSR count). The number of likely N-dealkylation sites (tertiary alicyclic amines) is 1. The average molecular weight is 504 g/mol. The number of hydrogen-bond acceptors (Lipinski definition) is 5. The first-order valence-electron chi connectivity index (χ1n) is 13.3. The third-order valence-electron chi connectivity index (χ3n) is 8.87. The molecule has 1 saturated carbocycles. The SMILES string of the molecule is Cn1c(=O)oc2c(C(=O)N3CCC4CC(NC(=O)C5(O)CCc6ccccc6C5)CCC4C3)cccc21. The highest BCUT2D eigenvalue weighted by atomic mass is 16.4. The number of benzene rings is 2. The smallest absolute Gasteiger partial charge is 0.407 e. The van der Waals surface area contributed by atoms with E-state index in [0.29, 0.717) is 60.9 Å². The number of oxazole rings is 1. The molecule has 2 aromatic carbocycles. The average Bonchev–Trinajstić information content (AvgIpc) is 3.21. The van der Waals surface area contributed by atoms with Gasteiger partial charge < -0.3 is 19.7 Å². The highest BCUT2D eigenvalue weighted by molar-refractivity contribution is 6.04. The summed E-state index contributed by atoms with van der Waals surface area (Å²) in [6, 6.07) is 13.4. The molecule has 2 amide bonds. The fraction of sp³-hybridized carbons (Fsp3) is 0.483. The topological polar surface area (TPSA) is 105 Å². The maximum absolute atomic E-state index is 13.4. The minimum Gasteiger partial charge on any atom is -0.407 e. The molecule has 8 heteroatoms. The van der Waals surface area contributed by atoms with Gasteiger partial charge >= 0.3 is 5.76 Å². The van der Waals surface area contributed by atoms with Gasteiger partial charge in [-0.1, -0.05) is 30.3 Å².